The standard InChI is InChI=1S/C13H16F3NO3/c1-19-10-5-3-9(4-6-10)17-11(13(14,15)16)7-8-12(18)20-2/h3-6,11,17H,7-8H2,1-2H3/t11-/m0/s1. The van der Waals surface area contributed by atoms with E-state index >= 15 is 0 Å². The minimum Gasteiger partial charge on any atom is -0.497 e. The normalized spacial score (nSPS) is 12.7. The Morgan fingerprint density at radius 1 is 1.25 bits per heavy atom. The molecule has 0 saturated carbocycles. The number of carbonyl (C=O) groups excluding carboxylic acids is 1. The topological polar surface area (TPSA) is 47.6 Å². The van der Waals surface area contributed by atoms with Crippen molar-refractivity contribution >= 4 is 11.7 Å². The predicted molar refractivity (Wildman–Crippen MR) is 67.7 cm³/mol. The number of hydrogen-bond acceptors (Lipinski definition) is 4. The lowest BCUT2D eigenvalue weighted by Crippen LogP contribution is -2.36. The first-order valence-electron chi connectivity index (χ1n) is 5.91. The summed E-state index contributed by atoms with van der Waals surface area (Å²) >= 11 is 0. The molecule has 1 rings (SSSR count). The Kier molecular flexibility index (Phi) is 5.66. The number of esters is 1. The van der Waals surface area contributed by atoms with Gasteiger partial charge < -0.3 is 14.8 Å². The number of carbonyl (C=O) groups is 1. The highest BCUT2D eigenvalue weighted by Crippen LogP contribution is 2.27. The van der Waals surface area contributed by atoms with Gasteiger partial charge in [0.05, 0.1) is 14.2 Å². The summed E-state index contributed by atoms with van der Waals surface area (Å²) in [5.74, 6) is -0.121. The molecule has 0 aliphatic rings. The van der Waals surface area contributed by atoms with Gasteiger partial charge in [-0.05, 0) is 30.7 Å². The summed E-state index contributed by atoms with van der Waals surface area (Å²) in [6.45, 7) is 0. The molecule has 1 N–H and O–H groups in total. The van der Waals surface area contributed by atoms with Gasteiger partial charge in [-0.1, -0.05) is 0 Å². The minimum atomic E-state index is -4.45. The molecule has 1 atom stereocenters. The van der Waals surface area contributed by atoms with Crippen LogP contribution in [0.15, 0.2) is 24.3 Å². The molecule has 4 nitrogen and oxygen atoms in total. The van der Waals surface area contributed by atoms with E-state index in [1.165, 1.54) is 19.2 Å². The van der Waals surface area contributed by atoms with Crippen LogP contribution in [0.3, 0.4) is 0 Å². The van der Waals surface area contributed by atoms with E-state index < -0.39 is 18.2 Å². The van der Waals surface area contributed by atoms with Gasteiger partial charge in [-0.15, -0.1) is 0 Å². The molecule has 1 aromatic carbocycles. The smallest absolute Gasteiger partial charge is 0.408 e. The quantitative estimate of drug-likeness (QED) is 0.819. The van der Waals surface area contributed by atoms with Crippen molar-refractivity contribution in [3.05, 3.63) is 24.3 Å². The van der Waals surface area contributed by atoms with Gasteiger partial charge in [-0.2, -0.15) is 13.2 Å². The Morgan fingerprint density at radius 2 is 1.85 bits per heavy atom. The summed E-state index contributed by atoms with van der Waals surface area (Å²) in [4.78, 5) is 10.9. The number of alkyl halides is 3. The molecule has 1 aromatic rings. The molecule has 20 heavy (non-hydrogen) atoms. The van der Waals surface area contributed by atoms with Gasteiger partial charge in [-0.3, -0.25) is 4.79 Å². The molecular formula is C13H16F3NO3. The van der Waals surface area contributed by atoms with Gasteiger partial charge in [0.15, 0.2) is 0 Å². The number of methoxy groups -OCH3 is 2. The molecule has 0 saturated heterocycles. The van der Waals surface area contributed by atoms with Crippen LogP contribution in [0.2, 0.25) is 0 Å². The SMILES string of the molecule is COC(=O)CC[C@H](Nc1ccc(OC)cc1)C(F)(F)F. The number of hydrogen-bond donors (Lipinski definition) is 1. The molecule has 0 unspecified atom stereocenters. The molecular weight excluding hydrogens is 275 g/mol. The number of nitrogens with one attached hydrogen (secondary N) is 1. The van der Waals surface area contributed by atoms with Crippen LogP contribution in [-0.4, -0.2) is 32.4 Å². The summed E-state index contributed by atoms with van der Waals surface area (Å²) in [6.07, 6.45) is -5.14. The largest absolute Gasteiger partial charge is 0.497 e. The lowest BCUT2D eigenvalue weighted by Gasteiger charge is -2.22. The van der Waals surface area contributed by atoms with Crippen molar-refractivity contribution in [2.45, 2.75) is 25.1 Å². The van der Waals surface area contributed by atoms with E-state index in [1.807, 2.05) is 0 Å². The van der Waals surface area contributed by atoms with E-state index in [4.69, 9.17) is 4.74 Å². The fourth-order valence-electron chi connectivity index (χ4n) is 1.57. The zero-order chi connectivity index (χ0) is 15.2. The molecule has 0 aliphatic heterocycles. The minimum absolute atomic E-state index is 0.302. The number of ether oxygens (including phenoxy) is 2. The average Bonchev–Trinajstić information content (AvgIpc) is 2.42. The second kappa shape index (κ2) is 7.02. The summed E-state index contributed by atoms with van der Waals surface area (Å²) < 4.78 is 47.9. The maximum atomic E-state index is 12.9. The molecule has 0 heterocycles. The van der Waals surface area contributed by atoms with Crippen molar-refractivity contribution in [2.75, 3.05) is 19.5 Å². The summed E-state index contributed by atoms with van der Waals surface area (Å²) in [7, 11) is 2.61. The molecule has 112 valence electrons. The average molecular weight is 291 g/mol. The summed E-state index contributed by atoms with van der Waals surface area (Å²) in [5.41, 5.74) is 0.304. The van der Waals surface area contributed by atoms with Crippen molar-refractivity contribution in [3.63, 3.8) is 0 Å². The second-order valence-electron chi connectivity index (χ2n) is 4.08. The van der Waals surface area contributed by atoms with Crippen LogP contribution in [0.1, 0.15) is 12.8 Å². The first kappa shape index (κ1) is 16.1. The highest BCUT2D eigenvalue weighted by Gasteiger charge is 2.39. The van der Waals surface area contributed by atoms with Gasteiger partial charge >= 0.3 is 12.1 Å². The fraction of sp³-hybridized carbons (Fsp3) is 0.462. The summed E-state index contributed by atoms with van der Waals surface area (Å²) in [6, 6.07) is 4.26. The first-order valence-corrected chi connectivity index (χ1v) is 5.91. The van der Waals surface area contributed by atoms with Crippen molar-refractivity contribution in [1.82, 2.24) is 0 Å². The van der Waals surface area contributed by atoms with Crippen LogP contribution in [0.5, 0.6) is 5.75 Å². The number of anilines is 1. The molecule has 0 spiro atoms. The van der Waals surface area contributed by atoms with E-state index in [1.54, 1.807) is 12.1 Å². The van der Waals surface area contributed by atoms with E-state index in [0.717, 1.165) is 7.11 Å². The van der Waals surface area contributed by atoms with Crippen molar-refractivity contribution in [3.8, 4) is 5.75 Å². The van der Waals surface area contributed by atoms with Crippen LogP contribution < -0.4 is 10.1 Å². The lowest BCUT2D eigenvalue weighted by atomic mass is 10.1. The third-order valence-corrected chi connectivity index (χ3v) is 2.69. The van der Waals surface area contributed by atoms with Crippen LogP contribution in [-0.2, 0) is 9.53 Å². The Bertz CT molecular complexity index is 431. The zero-order valence-electron chi connectivity index (χ0n) is 11.2. The lowest BCUT2D eigenvalue weighted by molar-refractivity contribution is -0.149. The third-order valence-electron chi connectivity index (χ3n) is 2.69. The van der Waals surface area contributed by atoms with E-state index in [2.05, 4.69) is 10.1 Å². The van der Waals surface area contributed by atoms with Crippen molar-refractivity contribution in [2.24, 2.45) is 0 Å². The third kappa shape index (κ3) is 4.99. The maximum absolute atomic E-state index is 12.9. The van der Waals surface area contributed by atoms with Crippen LogP contribution in [0.4, 0.5) is 18.9 Å². The molecule has 0 fully saturated rings. The van der Waals surface area contributed by atoms with E-state index in [9.17, 15) is 18.0 Å². The number of rotatable bonds is 6. The molecule has 7 heteroatoms. The predicted octanol–water partition coefficient (Wildman–Crippen LogP) is 2.99. The van der Waals surface area contributed by atoms with Gasteiger partial charge in [0, 0.05) is 12.1 Å². The van der Waals surface area contributed by atoms with Crippen molar-refractivity contribution in [1.29, 1.82) is 0 Å². The Morgan fingerprint density at radius 3 is 2.30 bits per heavy atom. The second-order valence-corrected chi connectivity index (χ2v) is 4.08. The fourth-order valence-corrected chi connectivity index (χ4v) is 1.57. The maximum Gasteiger partial charge on any atom is 0.408 e. The van der Waals surface area contributed by atoms with Crippen LogP contribution >= 0.6 is 0 Å². The van der Waals surface area contributed by atoms with Gasteiger partial charge in [0.25, 0.3) is 0 Å². The Labute approximate surface area is 114 Å². The van der Waals surface area contributed by atoms with Crippen LogP contribution in [0, 0.1) is 0 Å². The van der Waals surface area contributed by atoms with Gasteiger partial charge in [0.2, 0.25) is 0 Å². The molecule has 0 amide bonds. The van der Waals surface area contributed by atoms with Crippen molar-refractivity contribution < 1.29 is 27.4 Å². The molecule has 0 radical (unpaired) electrons. The zero-order valence-corrected chi connectivity index (χ0v) is 11.2. The van der Waals surface area contributed by atoms with Gasteiger partial charge in [0.1, 0.15) is 11.8 Å². The van der Waals surface area contributed by atoms with E-state index in [-0.39, 0.29) is 12.8 Å². The Hall–Kier alpha value is -1.92. The monoisotopic (exact) mass is 291 g/mol. The molecule has 0 aliphatic carbocycles. The number of benzene rings is 1. The highest BCUT2D eigenvalue weighted by atomic mass is 19.4. The van der Waals surface area contributed by atoms with Gasteiger partial charge in [-0.25, -0.2) is 0 Å². The van der Waals surface area contributed by atoms with E-state index in [0.29, 0.717) is 11.4 Å². The Balaban J connectivity index is 2.71. The van der Waals surface area contributed by atoms with Crippen LogP contribution in [0.25, 0.3) is 0 Å². The first-order chi connectivity index (χ1) is 9.36. The highest BCUT2D eigenvalue weighted by molar-refractivity contribution is 5.69. The summed E-state index contributed by atoms with van der Waals surface area (Å²) in [5, 5.41) is 2.36. The molecule has 0 bridgehead atoms. The molecule has 0 aromatic heterocycles. The number of halogens is 3.